The third-order valence-corrected chi connectivity index (χ3v) is 6.80. The van der Waals surface area contributed by atoms with Crippen molar-refractivity contribution < 1.29 is 13.2 Å². The summed E-state index contributed by atoms with van der Waals surface area (Å²) < 4.78 is 34.1. The molecule has 0 unspecified atom stereocenters. The first-order valence-corrected chi connectivity index (χ1v) is 11.9. The number of sulfonamides is 1. The largest absolute Gasteiger partial charge is 0.376 e. The number of hydrogen-bond donors (Lipinski definition) is 1. The van der Waals surface area contributed by atoms with Gasteiger partial charge in [-0.3, -0.25) is 4.79 Å². The van der Waals surface area contributed by atoms with Gasteiger partial charge in [0.05, 0.1) is 25.0 Å². The van der Waals surface area contributed by atoms with Crippen LogP contribution in [0.4, 0.5) is 0 Å². The van der Waals surface area contributed by atoms with Gasteiger partial charge in [0, 0.05) is 11.7 Å². The molecule has 1 N–H and O–H groups in total. The highest BCUT2D eigenvalue weighted by Gasteiger charge is 2.34. The van der Waals surface area contributed by atoms with E-state index in [1.54, 1.807) is 16.7 Å². The molecular weight excluding hydrogens is 378 g/mol. The monoisotopic (exact) mass is 407 g/mol. The molecule has 0 amide bonds. The maximum Gasteiger partial charge on any atom is 0.269 e. The summed E-state index contributed by atoms with van der Waals surface area (Å²) in [5, 5.41) is 9.23. The molecule has 28 heavy (non-hydrogen) atoms. The number of nitrogens with zero attached hydrogens (tertiary/aromatic N) is 2. The zero-order chi connectivity index (χ0) is 20.3. The van der Waals surface area contributed by atoms with Crippen LogP contribution in [0.2, 0.25) is 0 Å². The van der Waals surface area contributed by atoms with Crippen molar-refractivity contribution >= 4 is 10.0 Å². The molecule has 0 aromatic carbocycles. The molecule has 0 radical (unpaired) electrons. The van der Waals surface area contributed by atoms with Crippen LogP contribution in [0.3, 0.4) is 0 Å². The van der Waals surface area contributed by atoms with Gasteiger partial charge in [0.2, 0.25) is 10.0 Å². The lowest BCUT2D eigenvalue weighted by molar-refractivity contribution is -0.00692. The second kappa shape index (κ2) is 8.76. The van der Waals surface area contributed by atoms with Gasteiger partial charge >= 0.3 is 0 Å². The Morgan fingerprint density at radius 3 is 2.57 bits per heavy atom. The van der Waals surface area contributed by atoms with Crippen LogP contribution in [0, 0.1) is 17.2 Å². The summed E-state index contributed by atoms with van der Waals surface area (Å²) in [6, 6.07) is 4.38. The van der Waals surface area contributed by atoms with E-state index in [1.165, 1.54) is 6.42 Å². The Balaban J connectivity index is 1.83. The van der Waals surface area contributed by atoms with E-state index in [-0.39, 0.29) is 23.8 Å². The van der Waals surface area contributed by atoms with Gasteiger partial charge in [-0.1, -0.05) is 13.3 Å². The van der Waals surface area contributed by atoms with E-state index >= 15 is 0 Å². The highest BCUT2D eigenvalue weighted by Crippen LogP contribution is 2.30. The molecule has 1 aromatic heterocycles. The first kappa shape index (κ1) is 21.0. The molecule has 1 saturated carbocycles. The molecule has 0 bridgehead atoms. The predicted octanol–water partition coefficient (Wildman–Crippen LogP) is 2.11. The number of nitrogens with one attached hydrogen (secondary N) is 1. The first-order chi connectivity index (χ1) is 13.3. The van der Waals surface area contributed by atoms with Crippen LogP contribution in [-0.4, -0.2) is 38.0 Å². The molecule has 7 nitrogen and oxygen atoms in total. The Morgan fingerprint density at radius 1 is 1.25 bits per heavy atom. The molecule has 8 heteroatoms. The lowest BCUT2D eigenvalue weighted by Gasteiger charge is -2.36. The van der Waals surface area contributed by atoms with Gasteiger partial charge in [0.1, 0.15) is 11.6 Å². The van der Waals surface area contributed by atoms with Crippen LogP contribution in [0.15, 0.2) is 16.9 Å². The van der Waals surface area contributed by atoms with E-state index in [2.05, 4.69) is 11.6 Å². The average molecular weight is 408 g/mol. The van der Waals surface area contributed by atoms with E-state index in [1.807, 2.05) is 6.07 Å². The maximum atomic E-state index is 12.8. The molecule has 3 rings (SSSR count). The molecule has 1 fully saturated rings. The number of hydrogen-bond acceptors (Lipinski definition) is 5. The Morgan fingerprint density at radius 2 is 1.96 bits per heavy atom. The molecule has 1 aliphatic carbocycles. The predicted molar refractivity (Wildman–Crippen MR) is 107 cm³/mol. The van der Waals surface area contributed by atoms with Gasteiger partial charge in [-0.15, -0.1) is 0 Å². The molecule has 2 atom stereocenters. The van der Waals surface area contributed by atoms with Crippen LogP contribution >= 0.6 is 0 Å². The number of aromatic nitrogens is 1. The number of ether oxygens (including phenoxy) is 1. The maximum absolute atomic E-state index is 12.8. The zero-order valence-corrected chi connectivity index (χ0v) is 17.4. The fraction of sp³-hybridized carbons (Fsp3) is 0.700. The Labute approximate surface area is 166 Å². The van der Waals surface area contributed by atoms with Crippen molar-refractivity contribution in [2.45, 2.75) is 70.1 Å². The number of aryl methyl sites for hydroxylation is 1. The molecule has 154 valence electrons. The highest BCUT2D eigenvalue weighted by atomic mass is 32.2. The van der Waals surface area contributed by atoms with Crippen molar-refractivity contribution in [3.05, 3.63) is 33.7 Å². The van der Waals surface area contributed by atoms with Gasteiger partial charge in [0.25, 0.3) is 5.56 Å². The third kappa shape index (κ3) is 4.83. The molecule has 0 spiro atoms. The summed E-state index contributed by atoms with van der Waals surface area (Å²) in [5.74, 6) is 0.760. The normalized spacial score (nSPS) is 27.8. The van der Waals surface area contributed by atoms with E-state index in [9.17, 15) is 18.5 Å². The number of rotatable bonds is 6. The summed E-state index contributed by atoms with van der Waals surface area (Å²) in [6.45, 7) is 2.47. The number of pyridine rings is 1. The van der Waals surface area contributed by atoms with Crippen LogP contribution in [-0.2, 0) is 21.2 Å². The summed E-state index contributed by atoms with van der Waals surface area (Å²) in [5.41, 5.74) is 0.513. The Kier molecular flexibility index (Phi) is 6.58. The summed E-state index contributed by atoms with van der Waals surface area (Å²) in [6.07, 6.45) is 7.90. The summed E-state index contributed by atoms with van der Waals surface area (Å²) >= 11 is 0. The minimum Gasteiger partial charge on any atom is -0.376 e. The minimum atomic E-state index is -3.43. The smallest absolute Gasteiger partial charge is 0.269 e. The summed E-state index contributed by atoms with van der Waals surface area (Å²) in [4.78, 5) is 12.8. The van der Waals surface area contributed by atoms with Gasteiger partial charge in [0.15, 0.2) is 0 Å². The Bertz CT molecular complexity index is 895. The van der Waals surface area contributed by atoms with Crippen LogP contribution in [0.5, 0.6) is 0 Å². The average Bonchev–Trinajstić information content (AvgIpc) is 2.66. The quantitative estimate of drug-likeness (QED) is 0.778. The molecular formula is C20H29N3O4S. The van der Waals surface area contributed by atoms with Crippen molar-refractivity contribution in [3.8, 4) is 6.07 Å². The van der Waals surface area contributed by atoms with Crippen LogP contribution < -0.4 is 10.3 Å². The highest BCUT2D eigenvalue weighted by molar-refractivity contribution is 7.88. The van der Waals surface area contributed by atoms with Gasteiger partial charge in [-0.05, 0) is 56.6 Å². The van der Waals surface area contributed by atoms with Gasteiger partial charge in [-0.2, -0.15) is 5.26 Å². The van der Waals surface area contributed by atoms with E-state index in [4.69, 9.17) is 4.74 Å². The SMILES string of the molecule is CCC1CCC(OC[C@H]2[C@@H](NS(C)(=O)=O)CCc3ccc(C#N)c(=O)n32)CC1. The zero-order valence-electron chi connectivity index (χ0n) is 16.6. The summed E-state index contributed by atoms with van der Waals surface area (Å²) in [7, 11) is -3.43. The molecule has 1 aliphatic heterocycles. The number of fused-ring (bicyclic) bond motifs is 1. The first-order valence-electron chi connectivity index (χ1n) is 10.1. The standard InChI is InChI=1S/C20H29N3O4S/c1-3-14-4-9-17(10-5-14)27-13-19-18(22-28(2,25)26)11-8-16-7-6-15(12-21)20(24)23(16)19/h6-7,14,17-19,22H,3-5,8-11,13H2,1-2H3/t14?,17?,18-,19-/m0/s1. The van der Waals surface area contributed by atoms with Crippen LogP contribution in [0.1, 0.15) is 62.7 Å². The van der Waals surface area contributed by atoms with E-state index in [0.717, 1.165) is 43.6 Å². The lowest BCUT2D eigenvalue weighted by atomic mass is 9.86. The lowest BCUT2D eigenvalue weighted by Crippen LogP contribution is -2.49. The third-order valence-electron chi connectivity index (χ3n) is 6.07. The Hall–Kier alpha value is -1.69. The van der Waals surface area contributed by atoms with E-state index in [0.29, 0.717) is 12.8 Å². The van der Waals surface area contributed by atoms with E-state index < -0.39 is 22.1 Å². The topological polar surface area (TPSA) is 101 Å². The molecule has 2 aliphatic rings. The fourth-order valence-corrected chi connectivity index (χ4v) is 5.29. The van der Waals surface area contributed by atoms with Crippen molar-refractivity contribution in [2.24, 2.45) is 5.92 Å². The molecule has 2 heterocycles. The molecule has 1 aromatic rings. The second-order valence-electron chi connectivity index (χ2n) is 8.01. The van der Waals surface area contributed by atoms with Crippen molar-refractivity contribution in [2.75, 3.05) is 12.9 Å². The van der Waals surface area contributed by atoms with Crippen molar-refractivity contribution in [3.63, 3.8) is 0 Å². The van der Waals surface area contributed by atoms with Gasteiger partial charge in [-0.25, -0.2) is 13.1 Å². The van der Waals surface area contributed by atoms with Crippen LogP contribution in [0.25, 0.3) is 0 Å². The minimum absolute atomic E-state index is 0.0669. The second-order valence-corrected chi connectivity index (χ2v) is 9.79. The van der Waals surface area contributed by atoms with Crippen molar-refractivity contribution in [1.29, 1.82) is 5.26 Å². The molecule has 0 saturated heterocycles. The number of nitriles is 1. The fourth-order valence-electron chi connectivity index (χ4n) is 4.46. The van der Waals surface area contributed by atoms with Gasteiger partial charge < -0.3 is 9.30 Å². The van der Waals surface area contributed by atoms with Crippen molar-refractivity contribution in [1.82, 2.24) is 9.29 Å².